The molecule has 3 nitrogen and oxygen atoms in total. The van der Waals surface area contributed by atoms with Crippen LogP contribution in [-0.2, 0) is 4.79 Å². The van der Waals surface area contributed by atoms with E-state index in [2.05, 4.69) is 0 Å². The molecule has 0 heterocycles. The summed E-state index contributed by atoms with van der Waals surface area (Å²) in [5.41, 5.74) is 1.11. The van der Waals surface area contributed by atoms with Gasteiger partial charge >= 0.3 is 0 Å². The van der Waals surface area contributed by atoms with Gasteiger partial charge in [0.25, 0.3) is 0 Å². The second-order valence-corrected chi connectivity index (χ2v) is 6.23. The van der Waals surface area contributed by atoms with Gasteiger partial charge in [-0.15, -0.1) is 0 Å². The summed E-state index contributed by atoms with van der Waals surface area (Å²) < 4.78 is 0. The molecule has 1 amide bonds. The van der Waals surface area contributed by atoms with E-state index >= 15 is 0 Å². The van der Waals surface area contributed by atoms with E-state index in [1.54, 1.807) is 0 Å². The molecule has 1 aromatic rings. The molecule has 3 heteroatoms. The summed E-state index contributed by atoms with van der Waals surface area (Å²) in [6, 6.07) is 10.0. The summed E-state index contributed by atoms with van der Waals surface area (Å²) in [4.78, 5) is 14.4. The average Bonchev–Trinajstić information content (AvgIpc) is 3.35. The number of carbonyl (C=O) groups excluding carboxylic acids is 1. The van der Waals surface area contributed by atoms with Crippen LogP contribution in [0.3, 0.4) is 0 Å². The summed E-state index contributed by atoms with van der Waals surface area (Å²) in [5, 5.41) is 9.30. The van der Waals surface area contributed by atoms with Crippen LogP contribution in [0.4, 0.5) is 0 Å². The first kappa shape index (κ1) is 13.6. The monoisotopic (exact) mass is 273 g/mol. The van der Waals surface area contributed by atoms with Crippen LogP contribution in [0, 0.1) is 17.8 Å². The van der Waals surface area contributed by atoms with Crippen molar-refractivity contribution in [3.63, 3.8) is 0 Å². The molecule has 0 bridgehead atoms. The van der Waals surface area contributed by atoms with E-state index in [4.69, 9.17) is 0 Å². The maximum atomic E-state index is 12.6. The molecule has 2 fully saturated rings. The molecule has 2 aliphatic carbocycles. The van der Waals surface area contributed by atoms with Crippen molar-refractivity contribution in [2.45, 2.75) is 31.7 Å². The Labute approximate surface area is 120 Å². The minimum atomic E-state index is -0.00541. The van der Waals surface area contributed by atoms with Crippen LogP contribution in [0.25, 0.3) is 0 Å². The molecule has 1 aromatic carbocycles. The quantitative estimate of drug-likeness (QED) is 0.865. The lowest BCUT2D eigenvalue weighted by Gasteiger charge is -2.28. The zero-order chi connectivity index (χ0) is 14.1. The smallest absolute Gasteiger partial charge is 0.226 e. The van der Waals surface area contributed by atoms with Gasteiger partial charge in [0.15, 0.2) is 0 Å². The van der Waals surface area contributed by atoms with Gasteiger partial charge in [-0.1, -0.05) is 30.3 Å². The fraction of sp³-hybridized carbons (Fsp3) is 0.588. The Morgan fingerprint density at radius 1 is 1.35 bits per heavy atom. The fourth-order valence-electron chi connectivity index (χ4n) is 3.34. The zero-order valence-electron chi connectivity index (χ0n) is 12.0. The second kappa shape index (κ2) is 5.57. The second-order valence-electron chi connectivity index (χ2n) is 6.23. The molecule has 2 saturated carbocycles. The number of amides is 1. The topological polar surface area (TPSA) is 40.5 Å². The molecule has 0 radical (unpaired) electrons. The Hall–Kier alpha value is -1.35. The molecule has 0 aromatic heterocycles. The van der Waals surface area contributed by atoms with Crippen molar-refractivity contribution >= 4 is 5.91 Å². The normalized spacial score (nSPS) is 26.1. The maximum absolute atomic E-state index is 12.6. The van der Waals surface area contributed by atoms with E-state index in [0.29, 0.717) is 12.3 Å². The van der Waals surface area contributed by atoms with Crippen LogP contribution in [0.2, 0.25) is 0 Å². The van der Waals surface area contributed by atoms with Crippen LogP contribution >= 0.6 is 0 Å². The van der Waals surface area contributed by atoms with E-state index in [1.165, 1.54) is 12.8 Å². The van der Waals surface area contributed by atoms with E-state index in [-0.39, 0.29) is 24.5 Å². The van der Waals surface area contributed by atoms with Crippen molar-refractivity contribution in [2.75, 3.05) is 13.7 Å². The molecule has 3 rings (SSSR count). The molecule has 20 heavy (non-hydrogen) atoms. The van der Waals surface area contributed by atoms with Gasteiger partial charge in [-0.25, -0.2) is 0 Å². The molecule has 2 aliphatic rings. The SMILES string of the molecule is CN(C(=O)C1CC1C1CC1)C(CCO)c1ccccc1. The lowest BCUT2D eigenvalue weighted by atomic mass is 10.0. The lowest BCUT2D eigenvalue weighted by molar-refractivity contribution is -0.134. The van der Waals surface area contributed by atoms with Gasteiger partial charge in [0.2, 0.25) is 5.91 Å². The third-order valence-electron chi connectivity index (χ3n) is 4.79. The number of nitrogens with zero attached hydrogens (tertiary/aromatic N) is 1. The van der Waals surface area contributed by atoms with Crippen LogP contribution in [0.1, 0.15) is 37.3 Å². The van der Waals surface area contributed by atoms with Crippen molar-refractivity contribution in [1.82, 2.24) is 4.90 Å². The standard InChI is InChI=1S/C17H23NO2/c1-18(17(20)15-11-14(15)12-7-8-12)16(9-10-19)13-5-3-2-4-6-13/h2-6,12,14-16,19H,7-11H2,1H3. The molecule has 3 unspecified atom stereocenters. The van der Waals surface area contributed by atoms with Gasteiger partial charge in [-0.05, 0) is 43.1 Å². The van der Waals surface area contributed by atoms with E-state index in [9.17, 15) is 9.90 Å². The molecule has 108 valence electrons. The highest BCUT2D eigenvalue weighted by Crippen LogP contribution is 2.55. The summed E-state index contributed by atoms with van der Waals surface area (Å²) in [6.45, 7) is 0.105. The van der Waals surface area contributed by atoms with Gasteiger partial charge in [-0.2, -0.15) is 0 Å². The van der Waals surface area contributed by atoms with Crippen molar-refractivity contribution < 1.29 is 9.90 Å². The summed E-state index contributed by atoms with van der Waals surface area (Å²) in [5.74, 6) is 1.99. The molecular formula is C17H23NO2. The molecule has 0 spiro atoms. The highest BCUT2D eigenvalue weighted by molar-refractivity contribution is 5.82. The first-order valence-corrected chi connectivity index (χ1v) is 7.65. The molecule has 1 N–H and O–H groups in total. The fourth-order valence-corrected chi connectivity index (χ4v) is 3.34. The predicted octanol–water partition coefficient (Wildman–Crippen LogP) is 2.61. The summed E-state index contributed by atoms with van der Waals surface area (Å²) in [6.07, 6.45) is 4.31. The van der Waals surface area contributed by atoms with Crippen LogP contribution < -0.4 is 0 Å². The van der Waals surface area contributed by atoms with Crippen molar-refractivity contribution in [2.24, 2.45) is 17.8 Å². The number of carbonyl (C=O) groups is 1. The third kappa shape index (κ3) is 2.73. The molecule has 0 saturated heterocycles. The van der Waals surface area contributed by atoms with Crippen molar-refractivity contribution in [1.29, 1.82) is 0 Å². The van der Waals surface area contributed by atoms with Gasteiger partial charge < -0.3 is 10.0 Å². The maximum Gasteiger partial charge on any atom is 0.226 e. The minimum absolute atomic E-state index is 0.00541. The first-order chi connectivity index (χ1) is 9.72. The number of rotatable bonds is 6. The van der Waals surface area contributed by atoms with Gasteiger partial charge in [0, 0.05) is 19.6 Å². The van der Waals surface area contributed by atoms with Crippen LogP contribution in [0.5, 0.6) is 0 Å². The number of aliphatic hydroxyl groups excluding tert-OH is 1. The lowest BCUT2D eigenvalue weighted by Crippen LogP contribution is -2.33. The highest BCUT2D eigenvalue weighted by Gasteiger charge is 2.52. The van der Waals surface area contributed by atoms with E-state index in [0.717, 1.165) is 17.9 Å². The Morgan fingerprint density at radius 2 is 2.05 bits per heavy atom. The van der Waals surface area contributed by atoms with E-state index in [1.807, 2.05) is 42.3 Å². The number of aliphatic hydroxyl groups is 1. The number of hydrogen-bond acceptors (Lipinski definition) is 2. The van der Waals surface area contributed by atoms with E-state index < -0.39 is 0 Å². The summed E-state index contributed by atoms with van der Waals surface area (Å²) in [7, 11) is 1.89. The van der Waals surface area contributed by atoms with Crippen LogP contribution in [-0.4, -0.2) is 29.6 Å². The Bertz CT molecular complexity index is 469. The zero-order valence-corrected chi connectivity index (χ0v) is 12.0. The number of benzene rings is 1. The third-order valence-corrected chi connectivity index (χ3v) is 4.79. The minimum Gasteiger partial charge on any atom is -0.396 e. The average molecular weight is 273 g/mol. The van der Waals surface area contributed by atoms with Gasteiger partial charge in [-0.3, -0.25) is 4.79 Å². The predicted molar refractivity (Wildman–Crippen MR) is 78.0 cm³/mol. The summed E-state index contributed by atoms with van der Waals surface area (Å²) >= 11 is 0. The molecule has 0 aliphatic heterocycles. The van der Waals surface area contributed by atoms with Gasteiger partial charge in [0.1, 0.15) is 0 Å². The number of hydrogen-bond donors (Lipinski definition) is 1. The Kier molecular flexibility index (Phi) is 3.79. The van der Waals surface area contributed by atoms with Crippen molar-refractivity contribution in [3.8, 4) is 0 Å². The van der Waals surface area contributed by atoms with Crippen LogP contribution in [0.15, 0.2) is 30.3 Å². The molecular weight excluding hydrogens is 250 g/mol. The highest BCUT2D eigenvalue weighted by atomic mass is 16.3. The first-order valence-electron chi connectivity index (χ1n) is 7.65. The molecule has 3 atom stereocenters. The largest absolute Gasteiger partial charge is 0.396 e. The Balaban J connectivity index is 1.69. The van der Waals surface area contributed by atoms with Crippen molar-refractivity contribution in [3.05, 3.63) is 35.9 Å². The van der Waals surface area contributed by atoms with Gasteiger partial charge in [0.05, 0.1) is 6.04 Å². The Morgan fingerprint density at radius 3 is 2.65 bits per heavy atom.